The Balaban J connectivity index is 1.78. The molecule has 6 nitrogen and oxygen atoms in total. The molecule has 0 radical (unpaired) electrons. The first-order valence-corrected chi connectivity index (χ1v) is 13.6. The summed E-state index contributed by atoms with van der Waals surface area (Å²) in [6, 6.07) is 3.99. The summed E-state index contributed by atoms with van der Waals surface area (Å²) in [5.74, 6) is -1.62. The molecular weight excluding hydrogens is 576 g/mol. The Kier molecular flexibility index (Phi) is 7.86. The van der Waals surface area contributed by atoms with Gasteiger partial charge in [-0.05, 0) is 55.2 Å². The van der Waals surface area contributed by atoms with Gasteiger partial charge in [0, 0.05) is 31.0 Å². The Morgan fingerprint density at radius 3 is 2.15 bits per heavy atom. The molecule has 2 aliphatic rings. The molecule has 2 aromatic rings. The van der Waals surface area contributed by atoms with E-state index in [0.29, 0.717) is 18.6 Å². The Hall–Kier alpha value is -2.94. The number of rotatable bonds is 6. The fourth-order valence-corrected chi connectivity index (χ4v) is 6.81. The molecule has 2 aliphatic heterocycles. The first kappa shape index (κ1) is 30.0. The number of fused-ring (bicyclic) bond motifs is 1. The highest BCUT2D eigenvalue weighted by molar-refractivity contribution is 7.92. The number of likely N-dealkylation sites (tertiary alicyclic amines) is 1. The highest BCUT2D eigenvalue weighted by Gasteiger charge is 2.71. The molecule has 2 atom stereocenters. The van der Waals surface area contributed by atoms with E-state index in [2.05, 4.69) is 0 Å². The second-order valence-electron chi connectivity index (χ2n) is 9.85. The minimum Gasteiger partial charge on any atom is -0.369 e. The molecule has 0 saturated carbocycles. The third kappa shape index (κ3) is 5.24. The van der Waals surface area contributed by atoms with E-state index in [1.165, 1.54) is 4.90 Å². The fraction of sp³-hybridized carbons (Fsp3) is 0.480. The van der Waals surface area contributed by atoms with Crippen molar-refractivity contribution >= 4 is 21.6 Å². The van der Waals surface area contributed by atoms with Crippen molar-refractivity contribution in [1.29, 1.82) is 0 Å². The molecular formula is C25H24F8N2O4S. The highest BCUT2D eigenvalue weighted by Crippen LogP contribution is 2.51. The van der Waals surface area contributed by atoms with Crippen molar-refractivity contribution in [2.45, 2.75) is 54.6 Å². The molecule has 220 valence electrons. The van der Waals surface area contributed by atoms with Crippen molar-refractivity contribution in [1.82, 2.24) is 4.90 Å². The van der Waals surface area contributed by atoms with Crippen molar-refractivity contribution in [3.05, 3.63) is 59.4 Å². The number of nitrogens with zero attached hydrogens (tertiary/aromatic N) is 2. The topological polar surface area (TPSA) is 77.9 Å². The molecule has 1 amide bonds. The van der Waals surface area contributed by atoms with E-state index in [4.69, 9.17) is 0 Å². The summed E-state index contributed by atoms with van der Waals surface area (Å²) in [6.07, 6.45) is -12.6. The zero-order valence-electron chi connectivity index (χ0n) is 20.6. The predicted octanol–water partition coefficient (Wildman–Crippen LogP) is 4.86. The molecule has 0 aliphatic carbocycles. The zero-order valence-corrected chi connectivity index (χ0v) is 21.5. The van der Waals surface area contributed by atoms with Crippen molar-refractivity contribution < 1.29 is 53.4 Å². The van der Waals surface area contributed by atoms with Gasteiger partial charge in [0.25, 0.3) is 15.6 Å². The number of halogens is 8. The maximum absolute atomic E-state index is 13.7. The van der Waals surface area contributed by atoms with Gasteiger partial charge in [-0.3, -0.25) is 13.5 Å². The number of anilines is 1. The number of hydrogen-bond acceptors (Lipinski definition) is 4. The lowest BCUT2D eigenvalue weighted by atomic mass is 9.87. The lowest BCUT2D eigenvalue weighted by Crippen LogP contribution is -2.54. The molecule has 2 heterocycles. The molecule has 1 N–H and O–H groups in total. The molecule has 40 heavy (non-hydrogen) atoms. The summed E-state index contributed by atoms with van der Waals surface area (Å²) in [6.45, 7) is -0.269. The zero-order chi connectivity index (χ0) is 29.7. The molecule has 0 spiro atoms. The average Bonchev–Trinajstić information content (AvgIpc) is 3.36. The minimum atomic E-state index is -6.14. The molecule has 2 unspecified atom stereocenters. The summed E-state index contributed by atoms with van der Waals surface area (Å²) in [5.41, 5.74) is -7.29. The monoisotopic (exact) mass is 600 g/mol. The Morgan fingerprint density at radius 2 is 1.60 bits per heavy atom. The van der Waals surface area contributed by atoms with Gasteiger partial charge in [0.15, 0.2) is 0 Å². The van der Waals surface area contributed by atoms with Crippen LogP contribution in [-0.4, -0.2) is 62.5 Å². The van der Waals surface area contributed by atoms with Crippen LogP contribution in [0.5, 0.6) is 0 Å². The van der Waals surface area contributed by atoms with Crippen LogP contribution in [0.1, 0.15) is 30.4 Å². The number of carbonyl (C=O) groups is 1. The number of benzene rings is 2. The van der Waals surface area contributed by atoms with Crippen LogP contribution >= 0.6 is 0 Å². The Bertz CT molecular complexity index is 1350. The second-order valence-corrected chi connectivity index (χ2v) is 11.7. The van der Waals surface area contributed by atoms with Gasteiger partial charge in [-0.1, -0.05) is 12.1 Å². The van der Waals surface area contributed by atoms with Crippen LogP contribution in [0.15, 0.2) is 47.4 Å². The summed E-state index contributed by atoms with van der Waals surface area (Å²) < 4.78 is 135. The third-order valence-electron chi connectivity index (χ3n) is 7.27. The maximum atomic E-state index is 13.7. The fourth-order valence-electron chi connectivity index (χ4n) is 5.10. The van der Waals surface area contributed by atoms with Gasteiger partial charge in [0.2, 0.25) is 5.91 Å². The SMILES string of the molecule is O=C(CC1CCc2cc(C(O)(C(F)(F)F)C(F)(F)F)ccc2N1S(=O)(=O)c1ccc(F)cc1)N1CCC(CF)C1. The second kappa shape index (κ2) is 10.5. The van der Waals surface area contributed by atoms with Crippen molar-refractivity contribution in [3.8, 4) is 0 Å². The van der Waals surface area contributed by atoms with E-state index in [1.807, 2.05) is 0 Å². The first-order valence-electron chi connectivity index (χ1n) is 12.1. The molecule has 0 aromatic heterocycles. The third-order valence-corrected chi connectivity index (χ3v) is 9.15. The standard InChI is InChI=1S/C25H24F8N2O4S/c26-13-15-9-10-34(14-15)22(36)12-19-5-1-16-11-17(23(37,24(28,29)30)25(31,32)33)2-8-21(16)35(19)40(38,39)20-6-3-18(27)4-7-20/h2-4,6-8,11,15,19,37H,1,5,9-10,12-14H2. The van der Waals surface area contributed by atoms with Gasteiger partial charge < -0.3 is 10.0 Å². The van der Waals surface area contributed by atoms with Gasteiger partial charge in [-0.25, -0.2) is 12.8 Å². The lowest BCUT2D eigenvalue weighted by Gasteiger charge is -2.39. The largest absolute Gasteiger partial charge is 0.430 e. The average molecular weight is 601 g/mol. The van der Waals surface area contributed by atoms with Gasteiger partial charge >= 0.3 is 12.4 Å². The van der Waals surface area contributed by atoms with Crippen molar-refractivity contribution in [3.63, 3.8) is 0 Å². The number of carbonyl (C=O) groups excluding carboxylic acids is 1. The van der Waals surface area contributed by atoms with Crippen LogP contribution < -0.4 is 4.31 Å². The molecule has 2 aromatic carbocycles. The maximum Gasteiger partial charge on any atom is 0.430 e. The van der Waals surface area contributed by atoms with Crippen LogP contribution in [0.4, 0.5) is 40.8 Å². The van der Waals surface area contributed by atoms with E-state index < -0.39 is 69.3 Å². The normalized spacial score (nSPS) is 20.5. The minimum absolute atomic E-state index is 0.125. The van der Waals surface area contributed by atoms with Crippen LogP contribution in [0, 0.1) is 11.7 Å². The molecule has 4 rings (SSSR count). The Labute approximate surface area is 224 Å². The van der Waals surface area contributed by atoms with Crippen LogP contribution in [0.2, 0.25) is 0 Å². The molecule has 15 heteroatoms. The van der Waals surface area contributed by atoms with Crippen molar-refractivity contribution in [2.24, 2.45) is 5.92 Å². The first-order chi connectivity index (χ1) is 18.5. The number of aliphatic hydroxyl groups is 1. The summed E-state index contributed by atoms with van der Waals surface area (Å²) in [5, 5.41) is 9.83. The molecule has 0 bridgehead atoms. The lowest BCUT2D eigenvalue weighted by molar-refractivity contribution is -0.376. The van der Waals surface area contributed by atoms with Gasteiger partial charge in [-0.15, -0.1) is 0 Å². The van der Waals surface area contributed by atoms with Gasteiger partial charge in [-0.2, -0.15) is 26.3 Å². The van der Waals surface area contributed by atoms with Crippen molar-refractivity contribution in [2.75, 3.05) is 24.1 Å². The molecule has 1 saturated heterocycles. The Morgan fingerprint density at radius 1 is 0.975 bits per heavy atom. The number of sulfonamides is 1. The smallest absolute Gasteiger partial charge is 0.369 e. The van der Waals surface area contributed by atoms with E-state index in [9.17, 15) is 53.4 Å². The summed E-state index contributed by atoms with van der Waals surface area (Å²) >= 11 is 0. The van der Waals surface area contributed by atoms with Gasteiger partial charge in [0.05, 0.1) is 23.3 Å². The number of aryl methyl sites for hydroxylation is 1. The van der Waals surface area contributed by atoms with E-state index in [-0.39, 0.29) is 43.1 Å². The van der Waals surface area contributed by atoms with Gasteiger partial charge in [0.1, 0.15) is 5.82 Å². The van der Waals surface area contributed by atoms with Crippen LogP contribution in [0.3, 0.4) is 0 Å². The number of hydrogen-bond donors (Lipinski definition) is 1. The number of alkyl halides is 7. The molecule has 1 fully saturated rings. The van der Waals surface area contributed by atoms with E-state index in [0.717, 1.165) is 34.6 Å². The quantitative estimate of drug-likeness (QED) is 0.481. The van der Waals surface area contributed by atoms with E-state index >= 15 is 0 Å². The van der Waals surface area contributed by atoms with Crippen LogP contribution in [0.25, 0.3) is 0 Å². The summed E-state index contributed by atoms with van der Waals surface area (Å²) in [4.78, 5) is 13.9. The summed E-state index contributed by atoms with van der Waals surface area (Å²) in [7, 11) is -4.60. The highest BCUT2D eigenvalue weighted by atomic mass is 32.2. The number of amides is 1. The van der Waals surface area contributed by atoms with Crippen LogP contribution in [-0.2, 0) is 26.8 Å². The predicted molar refractivity (Wildman–Crippen MR) is 126 cm³/mol. The van der Waals surface area contributed by atoms with E-state index in [1.54, 1.807) is 0 Å².